The second kappa shape index (κ2) is 2.84. The molecule has 1 aromatic rings. The minimum atomic E-state index is 0.0628. The fourth-order valence-electron chi connectivity index (χ4n) is 0.790. The highest BCUT2D eigenvalue weighted by Crippen LogP contribution is 2.05. The van der Waals surface area contributed by atoms with Gasteiger partial charge in [-0.05, 0) is 6.92 Å². The van der Waals surface area contributed by atoms with E-state index in [1.54, 1.807) is 6.20 Å². The van der Waals surface area contributed by atoms with Gasteiger partial charge in [-0.25, -0.2) is 4.98 Å². The Balaban J connectivity index is 2.78. The molecule has 1 aromatic heterocycles. The molecule has 0 aliphatic rings. The minimum Gasteiger partial charge on any atom is -0.345 e. The average molecular weight is 139 g/mol. The van der Waals surface area contributed by atoms with Gasteiger partial charge in [0.2, 0.25) is 0 Å². The van der Waals surface area contributed by atoms with Crippen molar-refractivity contribution in [2.75, 3.05) is 0 Å². The van der Waals surface area contributed by atoms with E-state index in [4.69, 9.17) is 5.73 Å². The SMILES string of the molecule is CCc1ncc([C@@H](C)N)[nH]1. The molecule has 3 N–H and O–H groups in total. The number of aromatic amines is 1. The first-order valence-electron chi connectivity index (χ1n) is 3.53. The van der Waals surface area contributed by atoms with Crippen LogP contribution in [-0.2, 0) is 6.42 Å². The third-order valence-corrected chi connectivity index (χ3v) is 1.47. The molecule has 0 unspecified atom stereocenters. The zero-order chi connectivity index (χ0) is 7.56. The van der Waals surface area contributed by atoms with Crippen LogP contribution in [0, 0.1) is 0 Å². The first kappa shape index (κ1) is 7.28. The van der Waals surface area contributed by atoms with Crippen molar-refractivity contribution in [3.63, 3.8) is 0 Å². The van der Waals surface area contributed by atoms with Gasteiger partial charge >= 0.3 is 0 Å². The van der Waals surface area contributed by atoms with Gasteiger partial charge in [-0.3, -0.25) is 0 Å². The number of H-pyrrole nitrogens is 1. The van der Waals surface area contributed by atoms with E-state index in [9.17, 15) is 0 Å². The molecule has 0 fully saturated rings. The monoisotopic (exact) mass is 139 g/mol. The first-order valence-corrected chi connectivity index (χ1v) is 3.53. The molecule has 0 aliphatic carbocycles. The molecule has 0 aromatic carbocycles. The van der Waals surface area contributed by atoms with Gasteiger partial charge in [0.1, 0.15) is 5.82 Å². The third-order valence-electron chi connectivity index (χ3n) is 1.47. The fourth-order valence-corrected chi connectivity index (χ4v) is 0.790. The van der Waals surface area contributed by atoms with Crippen molar-refractivity contribution in [3.8, 4) is 0 Å². The third kappa shape index (κ3) is 1.36. The topological polar surface area (TPSA) is 54.7 Å². The predicted octanol–water partition coefficient (Wildman–Crippen LogP) is 0.992. The highest BCUT2D eigenvalue weighted by atomic mass is 14.9. The average Bonchev–Trinajstić information content (AvgIpc) is 2.34. The minimum absolute atomic E-state index is 0.0628. The Labute approximate surface area is 60.7 Å². The molecule has 0 bridgehead atoms. The Bertz CT molecular complexity index is 202. The van der Waals surface area contributed by atoms with Crippen molar-refractivity contribution < 1.29 is 0 Å². The molecule has 0 radical (unpaired) electrons. The van der Waals surface area contributed by atoms with E-state index in [1.807, 2.05) is 6.92 Å². The Kier molecular flexibility index (Phi) is 2.06. The normalized spacial score (nSPS) is 13.5. The van der Waals surface area contributed by atoms with E-state index >= 15 is 0 Å². The van der Waals surface area contributed by atoms with Crippen LogP contribution in [0.15, 0.2) is 6.20 Å². The van der Waals surface area contributed by atoms with Crippen molar-refractivity contribution in [2.24, 2.45) is 5.73 Å². The maximum absolute atomic E-state index is 5.61. The summed E-state index contributed by atoms with van der Waals surface area (Å²) >= 11 is 0. The van der Waals surface area contributed by atoms with Gasteiger partial charge in [0.15, 0.2) is 0 Å². The quantitative estimate of drug-likeness (QED) is 0.642. The Hall–Kier alpha value is -0.830. The number of aryl methyl sites for hydroxylation is 1. The van der Waals surface area contributed by atoms with Gasteiger partial charge < -0.3 is 10.7 Å². The van der Waals surface area contributed by atoms with Crippen LogP contribution in [0.2, 0.25) is 0 Å². The summed E-state index contributed by atoms with van der Waals surface area (Å²) in [6.07, 6.45) is 2.73. The van der Waals surface area contributed by atoms with Crippen LogP contribution in [0.4, 0.5) is 0 Å². The molecule has 3 nitrogen and oxygen atoms in total. The Morgan fingerprint density at radius 1 is 1.80 bits per heavy atom. The Morgan fingerprint density at radius 3 is 2.80 bits per heavy atom. The van der Waals surface area contributed by atoms with E-state index in [0.29, 0.717) is 0 Å². The van der Waals surface area contributed by atoms with Gasteiger partial charge in [0.25, 0.3) is 0 Å². The van der Waals surface area contributed by atoms with Crippen LogP contribution in [0.3, 0.4) is 0 Å². The number of nitrogens with two attached hydrogens (primary N) is 1. The molecular weight excluding hydrogens is 126 g/mol. The molecule has 1 rings (SSSR count). The number of imidazole rings is 1. The van der Waals surface area contributed by atoms with Gasteiger partial charge in [0.05, 0.1) is 5.69 Å². The number of aromatic nitrogens is 2. The van der Waals surface area contributed by atoms with Gasteiger partial charge in [-0.15, -0.1) is 0 Å². The summed E-state index contributed by atoms with van der Waals surface area (Å²) in [6, 6.07) is 0.0628. The highest BCUT2D eigenvalue weighted by Gasteiger charge is 2.01. The second-order valence-electron chi connectivity index (χ2n) is 2.43. The molecule has 0 aliphatic heterocycles. The summed E-state index contributed by atoms with van der Waals surface area (Å²) in [7, 11) is 0. The molecule has 0 spiro atoms. The summed E-state index contributed by atoms with van der Waals surface area (Å²) in [5, 5.41) is 0. The summed E-state index contributed by atoms with van der Waals surface area (Å²) in [6.45, 7) is 4.00. The zero-order valence-corrected chi connectivity index (χ0v) is 6.39. The smallest absolute Gasteiger partial charge is 0.105 e. The fraction of sp³-hybridized carbons (Fsp3) is 0.571. The molecular formula is C7H13N3. The van der Waals surface area contributed by atoms with E-state index < -0.39 is 0 Å². The van der Waals surface area contributed by atoms with Crippen LogP contribution in [0.5, 0.6) is 0 Å². The lowest BCUT2D eigenvalue weighted by Gasteiger charge is -1.97. The number of rotatable bonds is 2. The van der Waals surface area contributed by atoms with E-state index in [-0.39, 0.29) is 6.04 Å². The van der Waals surface area contributed by atoms with Crippen LogP contribution in [-0.4, -0.2) is 9.97 Å². The summed E-state index contributed by atoms with van der Waals surface area (Å²) in [5.41, 5.74) is 6.62. The van der Waals surface area contributed by atoms with E-state index in [0.717, 1.165) is 17.9 Å². The van der Waals surface area contributed by atoms with Crippen molar-refractivity contribution in [2.45, 2.75) is 26.3 Å². The van der Waals surface area contributed by atoms with Crippen molar-refractivity contribution >= 4 is 0 Å². The number of nitrogens with one attached hydrogen (secondary N) is 1. The number of hydrogen-bond acceptors (Lipinski definition) is 2. The van der Waals surface area contributed by atoms with E-state index in [2.05, 4.69) is 16.9 Å². The summed E-state index contributed by atoms with van der Waals surface area (Å²) in [5.74, 6) is 1.01. The van der Waals surface area contributed by atoms with Crippen molar-refractivity contribution in [1.82, 2.24) is 9.97 Å². The molecule has 3 heteroatoms. The Morgan fingerprint density at radius 2 is 2.50 bits per heavy atom. The van der Waals surface area contributed by atoms with Crippen LogP contribution in [0.25, 0.3) is 0 Å². The van der Waals surface area contributed by atoms with Gasteiger partial charge in [-0.2, -0.15) is 0 Å². The zero-order valence-electron chi connectivity index (χ0n) is 6.39. The van der Waals surface area contributed by atoms with E-state index in [1.165, 1.54) is 0 Å². The number of hydrogen-bond donors (Lipinski definition) is 2. The first-order chi connectivity index (χ1) is 4.74. The van der Waals surface area contributed by atoms with Crippen LogP contribution in [0.1, 0.15) is 31.4 Å². The highest BCUT2D eigenvalue weighted by molar-refractivity contribution is 5.04. The lowest BCUT2D eigenvalue weighted by Crippen LogP contribution is -2.05. The predicted molar refractivity (Wildman–Crippen MR) is 40.6 cm³/mol. The number of nitrogens with zero attached hydrogens (tertiary/aromatic N) is 1. The molecule has 1 atom stereocenters. The molecule has 0 saturated carbocycles. The lowest BCUT2D eigenvalue weighted by atomic mass is 10.3. The molecule has 0 saturated heterocycles. The van der Waals surface area contributed by atoms with Crippen LogP contribution >= 0.6 is 0 Å². The maximum atomic E-state index is 5.61. The second-order valence-corrected chi connectivity index (χ2v) is 2.43. The lowest BCUT2D eigenvalue weighted by molar-refractivity contribution is 0.782. The van der Waals surface area contributed by atoms with Crippen LogP contribution < -0.4 is 5.73 Å². The van der Waals surface area contributed by atoms with Gasteiger partial charge in [0, 0.05) is 18.7 Å². The summed E-state index contributed by atoms with van der Waals surface area (Å²) in [4.78, 5) is 7.25. The van der Waals surface area contributed by atoms with Crippen molar-refractivity contribution in [1.29, 1.82) is 0 Å². The van der Waals surface area contributed by atoms with Gasteiger partial charge in [-0.1, -0.05) is 6.92 Å². The largest absolute Gasteiger partial charge is 0.345 e. The molecule has 10 heavy (non-hydrogen) atoms. The molecule has 1 heterocycles. The maximum Gasteiger partial charge on any atom is 0.105 e. The molecule has 0 amide bonds. The summed E-state index contributed by atoms with van der Waals surface area (Å²) < 4.78 is 0. The molecule has 56 valence electrons. The standard InChI is InChI=1S/C7H13N3/c1-3-7-9-4-6(10-7)5(2)8/h4-5H,3,8H2,1-2H3,(H,9,10)/t5-/m1/s1. The van der Waals surface area contributed by atoms with Crippen molar-refractivity contribution in [3.05, 3.63) is 17.7 Å².